The molecule has 0 fully saturated rings. The number of aliphatic imine (C=N–C) groups is 1. The highest BCUT2D eigenvalue weighted by Crippen LogP contribution is 2.16. The van der Waals surface area contributed by atoms with Crippen molar-refractivity contribution in [3.05, 3.63) is 29.3 Å². The van der Waals surface area contributed by atoms with Crippen molar-refractivity contribution < 1.29 is 9.53 Å². The van der Waals surface area contributed by atoms with E-state index in [1.165, 1.54) is 0 Å². The molecule has 1 aromatic rings. The fraction of sp³-hybridized carbons (Fsp3) is 0.556. The van der Waals surface area contributed by atoms with Crippen molar-refractivity contribution in [1.82, 2.24) is 16.0 Å². The molecule has 6 heteroatoms. The number of ether oxygens (including phenoxy) is 1. The predicted octanol–water partition coefficient (Wildman–Crippen LogP) is 1.97. The van der Waals surface area contributed by atoms with Crippen LogP contribution >= 0.6 is 0 Å². The Kier molecular flexibility index (Phi) is 7.55. The molecule has 0 aromatic heterocycles. The Morgan fingerprint density at radius 2 is 1.92 bits per heavy atom. The molecular weight excluding hydrogens is 304 g/mol. The molecule has 0 aliphatic carbocycles. The molecule has 0 bridgehead atoms. The van der Waals surface area contributed by atoms with Crippen LogP contribution in [0, 0.1) is 6.92 Å². The van der Waals surface area contributed by atoms with Gasteiger partial charge < -0.3 is 20.7 Å². The van der Waals surface area contributed by atoms with E-state index in [0.29, 0.717) is 12.5 Å². The van der Waals surface area contributed by atoms with Gasteiger partial charge in [0, 0.05) is 12.1 Å². The van der Waals surface area contributed by atoms with Gasteiger partial charge in [-0.1, -0.05) is 6.07 Å². The second kappa shape index (κ2) is 9.15. The number of nitrogens with one attached hydrogen (secondary N) is 3. The minimum Gasteiger partial charge on any atom is -0.497 e. The van der Waals surface area contributed by atoms with E-state index in [4.69, 9.17) is 4.74 Å². The molecule has 1 aromatic carbocycles. The van der Waals surface area contributed by atoms with Crippen molar-refractivity contribution in [2.75, 3.05) is 20.2 Å². The maximum atomic E-state index is 11.9. The molecule has 0 heterocycles. The third-order valence-electron chi connectivity index (χ3n) is 3.04. The van der Waals surface area contributed by atoms with Crippen LogP contribution in [0.1, 0.15) is 38.8 Å². The van der Waals surface area contributed by atoms with Crippen LogP contribution in [0.4, 0.5) is 0 Å². The summed E-state index contributed by atoms with van der Waals surface area (Å²) in [6.45, 7) is 11.3. The van der Waals surface area contributed by atoms with Gasteiger partial charge in [0.25, 0.3) is 0 Å². The van der Waals surface area contributed by atoms with E-state index < -0.39 is 0 Å². The fourth-order valence-corrected chi connectivity index (χ4v) is 2.17. The lowest BCUT2D eigenvalue weighted by molar-refractivity contribution is -0.121. The standard InChI is InChI=1S/C18H30N4O2/c1-7-19-17(21-12-16(23)22-18(3,4)5)20-11-14-8-13(2)9-15(10-14)24-6/h8-10H,7,11-12H2,1-6H3,(H,22,23)(H2,19,20,21). The number of hydrogen-bond acceptors (Lipinski definition) is 3. The fourth-order valence-electron chi connectivity index (χ4n) is 2.17. The molecular formula is C18H30N4O2. The molecule has 24 heavy (non-hydrogen) atoms. The van der Waals surface area contributed by atoms with Crippen molar-refractivity contribution in [3.8, 4) is 5.75 Å². The summed E-state index contributed by atoms with van der Waals surface area (Å²) in [5.41, 5.74) is 1.94. The number of carbonyl (C=O) groups excluding carboxylic acids is 1. The molecule has 0 atom stereocenters. The topological polar surface area (TPSA) is 74.8 Å². The molecule has 0 aliphatic rings. The van der Waals surface area contributed by atoms with Crippen LogP contribution in [-0.4, -0.2) is 37.6 Å². The second-order valence-electron chi connectivity index (χ2n) is 6.71. The Hall–Kier alpha value is -2.24. The maximum absolute atomic E-state index is 11.9. The Bertz CT molecular complexity index is 577. The molecule has 0 saturated carbocycles. The van der Waals surface area contributed by atoms with Crippen LogP contribution in [-0.2, 0) is 11.3 Å². The molecule has 0 spiro atoms. The van der Waals surface area contributed by atoms with Gasteiger partial charge in [0.15, 0.2) is 5.96 Å². The summed E-state index contributed by atoms with van der Waals surface area (Å²) >= 11 is 0. The highest BCUT2D eigenvalue weighted by Gasteiger charge is 2.13. The third-order valence-corrected chi connectivity index (χ3v) is 3.04. The minimum atomic E-state index is -0.244. The normalized spacial score (nSPS) is 11.8. The summed E-state index contributed by atoms with van der Waals surface area (Å²) in [5.74, 6) is 1.37. The zero-order chi connectivity index (χ0) is 18.2. The second-order valence-corrected chi connectivity index (χ2v) is 6.71. The molecule has 134 valence electrons. The smallest absolute Gasteiger partial charge is 0.239 e. The molecule has 6 nitrogen and oxygen atoms in total. The Morgan fingerprint density at radius 1 is 1.21 bits per heavy atom. The lowest BCUT2D eigenvalue weighted by Crippen LogP contribution is -2.48. The van der Waals surface area contributed by atoms with Crippen LogP contribution < -0.4 is 20.7 Å². The van der Waals surface area contributed by atoms with Gasteiger partial charge in [0.1, 0.15) is 5.75 Å². The quantitative estimate of drug-likeness (QED) is 0.549. The summed E-state index contributed by atoms with van der Waals surface area (Å²) in [6.07, 6.45) is 0. The predicted molar refractivity (Wildman–Crippen MR) is 98.4 cm³/mol. The van der Waals surface area contributed by atoms with E-state index in [9.17, 15) is 4.79 Å². The van der Waals surface area contributed by atoms with Gasteiger partial charge in [-0.05, 0) is 57.9 Å². The summed E-state index contributed by atoms with van der Waals surface area (Å²) in [6, 6.07) is 6.02. The molecule has 0 saturated heterocycles. The van der Waals surface area contributed by atoms with Gasteiger partial charge in [-0.25, -0.2) is 4.99 Å². The largest absolute Gasteiger partial charge is 0.497 e. The van der Waals surface area contributed by atoms with Crippen molar-refractivity contribution in [2.45, 2.75) is 46.7 Å². The van der Waals surface area contributed by atoms with Crippen LogP contribution in [0.2, 0.25) is 0 Å². The third kappa shape index (κ3) is 7.85. The number of benzene rings is 1. The zero-order valence-corrected chi connectivity index (χ0v) is 15.6. The van der Waals surface area contributed by atoms with Crippen LogP contribution in [0.15, 0.2) is 23.2 Å². The van der Waals surface area contributed by atoms with Gasteiger partial charge in [0.2, 0.25) is 5.91 Å². The lowest BCUT2D eigenvalue weighted by atomic mass is 10.1. The number of guanidine groups is 1. The summed E-state index contributed by atoms with van der Waals surface area (Å²) in [4.78, 5) is 16.4. The van der Waals surface area contributed by atoms with Crippen molar-refractivity contribution in [2.24, 2.45) is 4.99 Å². The first-order chi connectivity index (χ1) is 11.2. The number of carbonyl (C=O) groups is 1. The van der Waals surface area contributed by atoms with E-state index in [0.717, 1.165) is 23.4 Å². The number of aryl methyl sites for hydroxylation is 1. The summed E-state index contributed by atoms with van der Waals surface area (Å²) in [7, 11) is 1.65. The molecule has 1 amide bonds. The van der Waals surface area contributed by atoms with Crippen LogP contribution in [0.25, 0.3) is 0 Å². The molecule has 1 rings (SSSR count). The van der Waals surface area contributed by atoms with Crippen LogP contribution in [0.3, 0.4) is 0 Å². The first kappa shape index (κ1) is 19.8. The number of nitrogens with zero attached hydrogens (tertiary/aromatic N) is 1. The maximum Gasteiger partial charge on any atom is 0.239 e. The Morgan fingerprint density at radius 3 is 2.50 bits per heavy atom. The van der Waals surface area contributed by atoms with Gasteiger partial charge in [-0.15, -0.1) is 0 Å². The van der Waals surface area contributed by atoms with E-state index in [1.807, 2.05) is 46.8 Å². The van der Waals surface area contributed by atoms with Crippen molar-refractivity contribution >= 4 is 11.9 Å². The SMILES string of the molecule is CCNC(=NCc1cc(C)cc(OC)c1)NCC(=O)NC(C)(C)C. The highest BCUT2D eigenvalue weighted by molar-refractivity contribution is 5.86. The van der Waals surface area contributed by atoms with E-state index >= 15 is 0 Å². The number of hydrogen-bond donors (Lipinski definition) is 3. The monoisotopic (exact) mass is 334 g/mol. The van der Waals surface area contributed by atoms with Gasteiger partial charge in [0.05, 0.1) is 20.2 Å². The molecule has 0 radical (unpaired) electrons. The Labute approximate surface area is 145 Å². The molecule has 0 unspecified atom stereocenters. The van der Waals surface area contributed by atoms with Crippen molar-refractivity contribution in [1.29, 1.82) is 0 Å². The molecule has 3 N–H and O–H groups in total. The number of rotatable bonds is 6. The van der Waals surface area contributed by atoms with E-state index in [1.54, 1.807) is 7.11 Å². The number of methoxy groups -OCH3 is 1. The van der Waals surface area contributed by atoms with Crippen molar-refractivity contribution in [3.63, 3.8) is 0 Å². The van der Waals surface area contributed by atoms with Gasteiger partial charge >= 0.3 is 0 Å². The number of amides is 1. The highest BCUT2D eigenvalue weighted by atomic mass is 16.5. The average Bonchev–Trinajstić information content (AvgIpc) is 2.47. The van der Waals surface area contributed by atoms with E-state index in [2.05, 4.69) is 27.0 Å². The molecule has 0 aliphatic heterocycles. The minimum absolute atomic E-state index is 0.0645. The average molecular weight is 334 g/mol. The zero-order valence-electron chi connectivity index (χ0n) is 15.6. The first-order valence-electron chi connectivity index (χ1n) is 8.21. The Balaban J connectivity index is 2.68. The summed E-state index contributed by atoms with van der Waals surface area (Å²) < 4.78 is 5.28. The summed E-state index contributed by atoms with van der Waals surface area (Å²) in [5, 5.41) is 9.11. The first-order valence-corrected chi connectivity index (χ1v) is 8.21. The lowest BCUT2D eigenvalue weighted by Gasteiger charge is -2.21. The van der Waals surface area contributed by atoms with Crippen LogP contribution in [0.5, 0.6) is 5.75 Å². The van der Waals surface area contributed by atoms with Gasteiger partial charge in [-0.2, -0.15) is 0 Å². The van der Waals surface area contributed by atoms with E-state index in [-0.39, 0.29) is 18.0 Å². The van der Waals surface area contributed by atoms with Gasteiger partial charge in [-0.3, -0.25) is 4.79 Å².